The van der Waals surface area contributed by atoms with Gasteiger partial charge in [-0.15, -0.1) is 0 Å². The molecule has 1 aromatic heterocycles. The van der Waals surface area contributed by atoms with Crippen LogP contribution in [0.5, 0.6) is 5.88 Å². The van der Waals surface area contributed by atoms with Crippen molar-refractivity contribution in [2.75, 3.05) is 20.2 Å². The number of carbonyl (C=O) groups excluding carboxylic acids is 2. The van der Waals surface area contributed by atoms with Gasteiger partial charge in [-0.2, -0.15) is 0 Å². The van der Waals surface area contributed by atoms with E-state index < -0.39 is 5.41 Å². The highest BCUT2D eigenvalue weighted by atomic mass is 16.5. The monoisotopic (exact) mass is 305 g/mol. The van der Waals surface area contributed by atoms with Crippen molar-refractivity contribution in [3.8, 4) is 5.88 Å². The molecule has 120 valence electrons. The molecule has 2 amide bonds. The number of hydrogen-bond donors (Lipinski definition) is 1. The minimum Gasteiger partial charge on any atom is -0.481 e. The topological polar surface area (TPSA) is 85.5 Å². The number of hydrogen-bond acceptors (Lipinski definition) is 4. The molecular formula is C16H23N3O3. The van der Waals surface area contributed by atoms with Crippen molar-refractivity contribution in [2.45, 2.75) is 32.6 Å². The van der Waals surface area contributed by atoms with E-state index in [0.29, 0.717) is 37.4 Å². The first-order valence-electron chi connectivity index (χ1n) is 7.61. The van der Waals surface area contributed by atoms with Gasteiger partial charge in [0.05, 0.1) is 18.1 Å². The summed E-state index contributed by atoms with van der Waals surface area (Å²) in [5, 5.41) is 0. The lowest BCUT2D eigenvalue weighted by molar-refractivity contribution is -0.130. The molecule has 0 aliphatic carbocycles. The molecule has 2 N–H and O–H groups in total. The van der Waals surface area contributed by atoms with Crippen molar-refractivity contribution in [3.05, 3.63) is 23.9 Å². The van der Waals surface area contributed by atoms with Crippen LogP contribution in [0.4, 0.5) is 0 Å². The van der Waals surface area contributed by atoms with Gasteiger partial charge in [0.25, 0.3) is 5.91 Å². The second kappa shape index (κ2) is 6.77. The molecule has 1 aromatic rings. The van der Waals surface area contributed by atoms with Crippen LogP contribution in [-0.4, -0.2) is 41.9 Å². The lowest BCUT2D eigenvalue weighted by Crippen LogP contribution is -2.48. The minimum atomic E-state index is -0.455. The molecule has 6 nitrogen and oxygen atoms in total. The first-order valence-corrected chi connectivity index (χ1v) is 7.61. The van der Waals surface area contributed by atoms with Crippen molar-refractivity contribution in [3.63, 3.8) is 0 Å². The maximum atomic E-state index is 12.5. The van der Waals surface area contributed by atoms with Crippen LogP contribution >= 0.6 is 0 Å². The Morgan fingerprint density at radius 1 is 1.36 bits per heavy atom. The molecule has 0 saturated carbocycles. The Hall–Kier alpha value is -2.11. The third-order valence-electron chi connectivity index (χ3n) is 4.45. The second-order valence-electron chi connectivity index (χ2n) is 5.78. The summed E-state index contributed by atoms with van der Waals surface area (Å²) in [4.78, 5) is 30.1. The fourth-order valence-electron chi connectivity index (χ4n) is 3.05. The fourth-order valence-corrected chi connectivity index (χ4v) is 3.05. The number of methoxy groups -OCH3 is 1. The molecule has 0 unspecified atom stereocenters. The summed E-state index contributed by atoms with van der Waals surface area (Å²) in [6.07, 6.45) is 4.48. The van der Waals surface area contributed by atoms with Crippen molar-refractivity contribution in [1.29, 1.82) is 0 Å². The molecule has 1 fully saturated rings. The molecule has 0 spiro atoms. The number of nitrogens with two attached hydrogens (primary N) is 1. The van der Waals surface area contributed by atoms with E-state index in [2.05, 4.69) is 4.98 Å². The summed E-state index contributed by atoms with van der Waals surface area (Å²) in [5.41, 5.74) is 5.66. The molecule has 0 bridgehead atoms. The van der Waals surface area contributed by atoms with E-state index >= 15 is 0 Å². The molecule has 2 heterocycles. The van der Waals surface area contributed by atoms with Gasteiger partial charge in [-0.05, 0) is 25.3 Å². The van der Waals surface area contributed by atoms with Crippen LogP contribution in [0.3, 0.4) is 0 Å². The van der Waals surface area contributed by atoms with Crippen molar-refractivity contribution in [1.82, 2.24) is 9.88 Å². The number of aromatic nitrogens is 1. The van der Waals surface area contributed by atoms with Crippen LogP contribution < -0.4 is 10.5 Å². The summed E-state index contributed by atoms with van der Waals surface area (Å²) < 4.78 is 4.99. The zero-order chi connectivity index (χ0) is 16.2. The van der Waals surface area contributed by atoms with Gasteiger partial charge in [-0.25, -0.2) is 4.98 Å². The summed E-state index contributed by atoms with van der Waals surface area (Å²) in [6.45, 7) is 3.15. The number of ether oxygens (including phenoxy) is 1. The zero-order valence-electron chi connectivity index (χ0n) is 13.2. The number of pyridine rings is 1. The molecule has 6 heteroatoms. The predicted molar refractivity (Wildman–Crippen MR) is 82.5 cm³/mol. The maximum absolute atomic E-state index is 12.5. The Balaban J connectivity index is 2.03. The Bertz CT molecular complexity index is 534. The van der Waals surface area contributed by atoms with Crippen LogP contribution in [-0.2, 0) is 4.79 Å². The smallest absolute Gasteiger partial charge is 0.255 e. The Morgan fingerprint density at radius 3 is 2.50 bits per heavy atom. The quantitative estimate of drug-likeness (QED) is 0.895. The zero-order valence-corrected chi connectivity index (χ0v) is 13.2. The SMILES string of the molecule is CCCC1(C(N)=O)CCN(C(=O)c2ccc(OC)nc2)CC1. The first-order chi connectivity index (χ1) is 10.5. The number of rotatable bonds is 5. The largest absolute Gasteiger partial charge is 0.481 e. The van der Waals surface area contributed by atoms with Crippen LogP contribution in [0.2, 0.25) is 0 Å². The molecule has 2 rings (SSSR count). The van der Waals surface area contributed by atoms with E-state index in [1.54, 1.807) is 17.0 Å². The highest BCUT2D eigenvalue weighted by Crippen LogP contribution is 2.36. The molecule has 0 atom stereocenters. The molecule has 0 aromatic carbocycles. The maximum Gasteiger partial charge on any atom is 0.255 e. The van der Waals surface area contributed by atoms with Crippen LogP contribution in [0.25, 0.3) is 0 Å². The van der Waals surface area contributed by atoms with Crippen LogP contribution in [0, 0.1) is 5.41 Å². The van der Waals surface area contributed by atoms with Gasteiger partial charge in [-0.3, -0.25) is 9.59 Å². The van der Waals surface area contributed by atoms with E-state index in [1.807, 2.05) is 6.92 Å². The number of nitrogens with zero attached hydrogens (tertiary/aromatic N) is 2. The van der Waals surface area contributed by atoms with E-state index in [-0.39, 0.29) is 11.8 Å². The lowest BCUT2D eigenvalue weighted by Gasteiger charge is -2.39. The molecule has 0 radical (unpaired) electrons. The van der Waals surface area contributed by atoms with Gasteiger partial charge in [0.15, 0.2) is 0 Å². The summed E-state index contributed by atoms with van der Waals surface area (Å²) >= 11 is 0. The third-order valence-corrected chi connectivity index (χ3v) is 4.45. The normalized spacial score (nSPS) is 17.1. The van der Waals surface area contributed by atoms with Crippen LogP contribution in [0.1, 0.15) is 43.0 Å². The number of piperidine rings is 1. The van der Waals surface area contributed by atoms with Crippen LogP contribution in [0.15, 0.2) is 18.3 Å². The number of amides is 2. The average Bonchev–Trinajstić information content (AvgIpc) is 2.55. The Morgan fingerprint density at radius 2 is 2.05 bits per heavy atom. The van der Waals surface area contributed by atoms with Gasteiger partial charge in [0, 0.05) is 25.4 Å². The summed E-state index contributed by atoms with van der Waals surface area (Å²) in [6, 6.07) is 3.37. The molecule has 1 aliphatic heterocycles. The highest BCUT2D eigenvalue weighted by molar-refractivity contribution is 5.94. The van der Waals surface area contributed by atoms with E-state index in [9.17, 15) is 9.59 Å². The lowest BCUT2D eigenvalue weighted by atomic mass is 9.74. The third kappa shape index (κ3) is 3.21. The number of primary amides is 1. The van der Waals surface area contributed by atoms with Gasteiger partial charge in [0.2, 0.25) is 11.8 Å². The predicted octanol–water partition coefficient (Wildman–Crippen LogP) is 1.60. The Labute approximate surface area is 130 Å². The molecule has 1 saturated heterocycles. The van der Waals surface area contributed by atoms with Gasteiger partial charge in [0.1, 0.15) is 0 Å². The highest BCUT2D eigenvalue weighted by Gasteiger charge is 2.40. The van der Waals surface area contributed by atoms with Gasteiger partial charge < -0.3 is 15.4 Å². The minimum absolute atomic E-state index is 0.0651. The standard InChI is InChI=1S/C16H23N3O3/c1-3-6-16(15(17)21)7-9-19(10-8-16)14(20)12-4-5-13(22-2)18-11-12/h4-5,11H,3,6-10H2,1-2H3,(H2,17,21). The van der Waals surface area contributed by atoms with Crippen molar-refractivity contribution < 1.29 is 14.3 Å². The molecule has 22 heavy (non-hydrogen) atoms. The summed E-state index contributed by atoms with van der Waals surface area (Å²) in [7, 11) is 1.53. The summed E-state index contributed by atoms with van der Waals surface area (Å²) in [5.74, 6) is 0.170. The number of likely N-dealkylation sites (tertiary alicyclic amines) is 1. The fraction of sp³-hybridized carbons (Fsp3) is 0.562. The Kier molecular flexibility index (Phi) is 5.00. The van der Waals surface area contributed by atoms with Crippen molar-refractivity contribution >= 4 is 11.8 Å². The van der Waals surface area contributed by atoms with E-state index in [1.165, 1.54) is 13.3 Å². The molecule has 1 aliphatic rings. The van der Waals surface area contributed by atoms with Crippen molar-refractivity contribution in [2.24, 2.45) is 11.1 Å². The second-order valence-corrected chi connectivity index (χ2v) is 5.78. The van der Waals surface area contributed by atoms with Gasteiger partial charge in [-0.1, -0.05) is 13.3 Å². The first kappa shape index (κ1) is 16.3. The van der Waals surface area contributed by atoms with Gasteiger partial charge >= 0.3 is 0 Å². The average molecular weight is 305 g/mol. The molecular weight excluding hydrogens is 282 g/mol. The van der Waals surface area contributed by atoms with E-state index in [4.69, 9.17) is 10.5 Å². The van der Waals surface area contributed by atoms with E-state index in [0.717, 1.165) is 12.8 Å². The number of carbonyl (C=O) groups is 2.